The van der Waals surface area contributed by atoms with E-state index < -0.39 is 53.6 Å². The largest absolute Gasteiger partial charge is 0.485 e. The Morgan fingerprint density at radius 1 is 0.977 bits per heavy atom. The van der Waals surface area contributed by atoms with Crippen LogP contribution < -0.4 is 10.1 Å². The molecular formula is C29H40N4O9S. The monoisotopic (exact) mass is 620 g/mol. The van der Waals surface area contributed by atoms with E-state index >= 15 is 0 Å². The maximum Gasteiger partial charge on any atom is 0.303 e. The van der Waals surface area contributed by atoms with Gasteiger partial charge in [-0.3, -0.25) is 19.2 Å². The van der Waals surface area contributed by atoms with Crippen LogP contribution >= 0.6 is 11.8 Å². The third-order valence-electron chi connectivity index (χ3n) is 6.52. The second kappa shape index (κ2) is 16.3. The summed E-state index contributed by atoms with van der Waals surface area (Å²) in [6.45, 7) is 9.51. The van der Waals surface area contributed by atoms with Gasteiger partial charge in [-0.05, 0) is 25.0 Å². The van der Waals surface area contributed by atoms with Gasteiger partial charge in [0, 0.05) is 34.2 Å². The lowest BCUT2D eigenvalue weighted by molar-refractivity contribution is -0.211. The maximum absolute atomic E-state index is 12.3. The van der Waals surface area contributed by atoms with Gasteiger partial charge in [0.2, 0.25) is 5.91 Å². The predicted molar refractivity (Wildman–Crippen MR) is 155 cm³/mol. The molecule has 0 spiro atoms. The standard InChI is InChI=1S/C29H40N4O9S/c1-7-8-11-14-33-24(16-39-22-13-10-9-12-17(22)2)31-32-29(33)43-28-25(30-18(3)34)27(41-21(6)37)26(40-20(5)36)23(42-28)15-38-19(4)35/h9-10,12-13,23,25-28H,7-8,11,14-16H2,1-6H3,(H,30,34)/t23-,25-,26+,27-,28+/m1/s1. The highest BCUT2D eigenvalue weighted by atomic mass is 32.2. The fourth-order valence-electron chi connectivity index (χ4n) is 4.61. The van der Waals surface area contributed by atoms with Gasteiger partial charge in [-0.15, -0.1) is 10.2 Å². The highest BCUT2D eigenvalue weighted by Crippen LogP contribution is 2.36. The van der Waals surface area contributed by atoms with E-state index in [1.165, 1.54) is 27.7 Å². The zero-order chi connectivity index (χ0) is 31.5. The van der Waals surface area contributed by atoms with Gasteiger partial charge in [0.1, 0.15) is 36.5 Å². The zero-order valence-corrected chi connectivity index (χ0v) is 26.2. The molecule has 1 aromatic carbocycles. The average Bonchev–Trinajstić information content (AvgIpc) is 3.30. The third kappa shape index (κ3) is 9.95. The molecule has 2 heterocycles. The van der Waals surface area contributed by atoms with E-state index in [1.807, 2.05) is 35.8 Å². The number of carbonyl (C=O) groups excluding carboxylic acids is 4. The number of nitrogens with zero attached hydrogens (tertiary/aromatic N) is 3. The van der Waals surface area contributed by atoms with Gasteiger partial charge in [-0.25, -0.2) is 0 Å². The highest BCUT2D eigenvalue weighted by molar-refractivity contribution is 7.99. The van der Waals surface area contributed by atoms with Crippen LogP contribution in [0.1, 0.15) is 65.3 Å². The Bertz CT molecular complexity index is 1270. The van der Waals surface area contributed by atoms with E-state index in [9.17, 15) is 19.2 Å². The summed E-state index contributed by atoms with van der Waals surface area (Å²) in [6, 6.07) is 6.71. The Balaban J connectivity index is 1.98. The lowest BCUT2D eigenvalue weighted by Crippen LogP contribution is -2.65. The van der Waals surface area contributed by atoms with Gasteiger partial charge in [0.05, 0.1) is 0 Å². The summed E-state index contributed by atoms with van der Waals surface area (Å²) < 4.78 is 30.6. The number of para-hydroxylation sites is 1. The minimum absolute atomic E-state index is 0.171. The summed E-state index contributed by atoms with van der Waals surface area (Å²) >= 11 is 1.16. The summed E-state index contributed by atoms with van der Waals surface area (Å²) in [5, 5.41) is 12.1. The second-order valence-electron chi connectivity index (χ2n) is 10.1. The van der Waals surface area contributed by atoms with Crippen LogP contribution in [0.2, 0.25) is 0 Å². The van der Waals surface area contributed by atoms with Crippen molar-refractivity contribution < 1.29 is 42.9 Å². The minimum atomic E-state index is -1.17. The number of carbonyl (C=O) groups is 4. The van der Waals surface area contributed by atoms with Crippen molar-refractivity contribution >= 4 is 35.6 Å². The summed E-state index contributed by atoms with van der Waals surface area (Å²) in [4.78, 5) is 48.2. The number of amides is 1. The molecular weight excluding hydrogens is 580 g/mol. The van der Waals surface area contributed by atoms with Crippen LogP contribution in [0.25, 0.3) is 0 Å². The molecule has 14 heteroatoms. The molecule has 0 aliphatic carbocycles. The topological polar surface area (TPSA) is 157 Å². The summed E-state index contributed by atoms with van der Waals surface area (Å²) in [5.41, 5.74) is 0.0837. The summed E-state index contributed by atoms with van der Waals surface area (Å²) in [6.07, 6.45) is -0.486. The fraction of sp³-hybridized carbons (Fsp3) is 0.586. The number of aromatic nitrogens is 3. The number of aryl methyl sites for hydroxylation is 1. The average molecular weight is 621 g/mol. The number of hydrogen-bond donors (Lipinski definition) is 1. The van der Waals surface area contributed by atoms with E-state index in [0.29, 0.717) is 17.5 Å². The highest BCUT2D eigenvalue weighted by Gasteiger charge is 2.51. The van der Waals surface area contributed by atoms with Crippen molar-refractivity contribution in [1.29, 1.82) is 0 Å². The van der Waals surface area contributed by atoms with E-state index in [-0.39, 0.29) is 13.2 Å². The summed E-state index contributed by atoms with van der Waals surface area (Å²) in [5.74, 6) is -0.993. The van der Waals surface area contributed by atoms with Gasteiger partial charge in [-0.2, -0.15) is 0 Å². The first-order valence-corrected chi connectivity index (χ1v) is 15.1. The Morgan fingerprint density at radius 3 is 2.30 bits per heavy atom. The molecule has 2 aromatic rings. The molecule has 0 radical (unpaired) electrons. The number of benzene rings is 1. The van der Waals surface area contributed by atoms with Crippen LogP contribution in [0, 0.1) is 6.92 Å². The molecule has 3 rings (SSSR count). The first-order chi connectivity index (χ1) is 20.5. The number of ether oxygens (including phenoxy) is 5. The normalized spacial score (nSPS) is 21.5. The van der Waals surface area contributed by atoms with E-state index in [2.05, 4.69) is 22.4 Å². The first-order valence-electron chi connectivity index (χ1n) is 14.2. The minimum Gasteiger partial charge on any atom is -0.485 e. The Labute approximate surface area is 255 Å². The first kappa shape index (κ1) is 33.8. The molecule has 0 unspecified atom stereocenters. The molecule has 1 saturated heterocycles. The van der Waals surface area contributed by atoms with Crippen LogP contribution in [-0.4, -0.2) is 75.0 Å². The molecule has 1 fully saturated rings. The van der Waals surface area contributed by atoms with Crippen molar-refractivity contribution in [2.45, 2.75) is 109 Å². The lowest BCUT2D eigenvalue weighted by atomic mass is 9.97. The van der Waals surface area contributed by atoms with Gasteiger partial charge in [0.15, 0.2) is 23.2 Å². The SMILES string of the molecule is CCCCCn1c(COc2ccccc2C)nnc1S[C@@H]1O[C@H](COC(C)=O)[C@H](OC(C)=O)[C@H](OC(C)=O)[C@H]1NC(C)=O. The predicted octanol–water partition coefficient (Wildman–Crippen LogP) is 3.10. The number of unbranched alkanes of at least 4 members (excludes halogenated alkanes) is 2. The molecule has 0 saturated carbocycles. The molecule has 1 aliphatic heterocycles. The smallest absolute Gasteiger partial charge is 0.303 e. The Kier molecular flexibility index (Phi) is 12.8. The van der Waals surface area contributed by atoms with E-state index in [0.717, 1.165) is 42.3 Å². The van der Waals surface area contributed by atoms with Crippen molar-refractivity contribution in [3.8, 4) is 5.75 Å². The number of hydrogen-bond acceptors (Lipinski definition) is 12. The zero-order valence-electron chi connectivity index (χ0n) is 25.4. The third-order valence-corrected chi connectivity index (χ3v) is 7.67. The molecule has 0 bridgehead atoms. The summed E-state index contributed by atoms with van der Waals surface area (Å²) in [7, 11) is 0. The molecule has 1 aliphatic rings. The van der Waals surface area contributed by atoms with Gasteiger partial charge >= 0.3 is 17.9 Å². The number of thioether (sulfide) groups is 1. The fourth-order valence-corrected chi connectivity index (χ4v) is 5.80. The van der Waals surface area contributed by atoms with Crippen LogP contribution in [-0.2, 0) is 51.3 Å². The van der Waals surface area contributed by atoms with Crippen LogP contribution in [0.3, 0.4) is 0 Å². The van der Waals surface area contributed by atoms with E-state index in [1.54, 1.807) is 0 Å². The number of nitrogens with one attached hydrogen (secondary N) is 1. The van der Waals surface area contributed by atoms with Gasteiger partial charge in [0.25, 0.3) is 0 Å². The molecule has 43 heavy (non-hydrogen) atoms. The molecule has 1 amide bonds. The van der Waals surface area contributed by atoms with Gasteiger partial charge < -0.3 is 33.6 Å². The molecule has 1 aromatic heterocycles. The second-order valence-corrected chi connectivity index (χ2v) is 11.2. The van der Waals surface area contributed by atoms with Crippen LogP contribution in [0.5, 0.6) is 5.75 Å². The number of rotatable bonds is 14. The number of esters is 3. The quantitative estimate of drug-likeness (QED) is 0.187. The van der Waals surface area contributed by atoms with Crippen molar-refractivity contribution in [1.82, 2.24) is 20.1 Å². The van der Waals surface area contributed by atoms with E-state index in [4.69, 9.17) is 23.7 Å². The van der Waals surface area contributed by atoms with Crippen molar-refractivity contribution in [3.63, 3.8) is 0 Å². The Hall–Kier alpha value is -3.65. The Morgan fingerprint density at radius 2 is 1.67 bits per heavy atom. The maximum atomic E-state index is 12.3. The van der Waals surface area contributed by atoms with Crippen molar-refractivity contribution in [2.24, 2.45) is 0 Å². The van der Waals surface area contributed by atoms with Crippen LogP contribution in [0.15, 0.2) is 29.4 Å². The molecule has 13 nitrogen and oxygen atoms in total. The van der Waals surface area contributed by atoms with Crippen LogP contribution in [0.4, 0.5) is 0 Å². The van der Waals surface area contributed by atoms with Gasteiger partial charge in [-0.1, -0.05) is 49.7 Å². The molecule has 5 atom stereocenters. The molecule has 1 N–H and O–H groups in total. The molecule has 236 valence electrons. The lowest BCUT2D eigenvalue weighted by Gasteiger charge is -2.44. The van der Waals surface area contributed by atoms with Crippen molar-refractivity contribution in [2.75, 3.05) is 6.61 Å². The van der Waals surface area contributed by atoms with Crippen molar-refractivity contribution in [3.05, 3.63) is 35.7 Å².